The molecule has 0 saturated carbocycles. The summed E-state index contributed by atoms with van der Waals surface area (Å²) in [5.41, 5.74) is 5.51. The van der Waals surface area contributed by atoms with E-state index >= 15 is 0 Å². The Hall–Kier alpha value is -1.76. The summed E-state index contributed by atoms with van der Waals surface area (Å²) in [5, 5.41) is 0. The van der Waals surface area contributed by atoms with Crippen molar-refractivity contribution in [3.63, 3.8) is 0 Å². The van der Waals surface area contributed by atoms with Gasteiger partial charge in [0.05, 0.1) is 0 Å². The number of allylic oxidation sites excluding steroid dienone is 1. The summed E-state index contributed by atoms with van der Waals surface area (Å²) in [6, 6.07) is 28.1. The zero-order valence-electron chi connectivity index (χ0n) is 13.8. The molecule has 3 aromatic rings. The van der Waals surface area contributed by atoms with Crippen LogP contribution in [-0.4, -0.2) is 0 Å². The zero-order chi connectivity index (χ0) is 14.9. The summed E-state index contributed by atoms with van der Waals surface area (Å²) in [4.78, 5) is 0. The third kappa shape index (κ3) is 6.10. The van der Waals surface area contributed by atoms with Crippen LogP contribution in [0.3, 0.4) is 0 Å². The van der Waals surface area contributed by atoms with Crippen LogP contribution in [0.15, 0.2) is 78.9 Å². The Labute approximate surface area is 156 Å². The van der Waals surface area contributed by atoms with Crippen LogP contribution < -0.4 is 0 Å². The van der Waals surface area contributed by atoms with Crippen LogP contribution >= 0.6 is 0 Å². The largest absolute Gasteiger partial charge is 4.00 e. The molecule has 114 valence electrons. The van der Waals surface area contributed by atoms with Crippen molar-refractivity contribution >= 4 is 0 Å². The fraction of sp³-hybridized carbons (Fsp3) is 0.0909. The molecule has 3 aromatic carbocycles. The predicted molar refractivity (Wildman–Crippen MR) is 96.5 cm³/mol. The van der Waals surface area contributed by atoms with Gasteiger partial charge >= 0.3 is 21.7 Å². The summed E-state index contributed by atoms with van der Waals surface area (Å²) in [7, 11) is 0. The minimum absolute atomic E-state index is 0. The Morgan fingerprint density at radius 3 is 2.22 bits per heavy atom. The van der Waals surface area contributed by atoms with Gasteiger partial charge in [0.1, 0.15) is 0 Å². The van der Waals surface area contributed by atoms with E-state index in [0.717, 1.165) is 6.42 Å². The first-order chi connectivity index (χ1) is 10.4. The minimum Gasteiger partial charge on any atom is -0.518 e. The maximum atomic E-state index is 4.72. The van der Waals surface area contributed by atoms with Gasteiger partial charge in [-0.2, -0.15) is 48.0 Å². The quantitative estimate of drug-likeness (QED) is 0.277. The molecule has 0 bridgehead atoms. The molecule has 0 fully saturated rings. The van der Waals surface area contributed by atoms with Gasteiger partial charge in [0.2, 0.25) is 0 Å². The third-order valence-electron chi connectivity index (χ3n) is 3.17. The van der Waals surface area contributed by atoms with Crippen LogP contribution in [0.25, 0.3) is 11.1 Å². The molecule has 0 unspecified atom stereocenters. The average molecular weight is 334 g/mol. The van der Waals surface area contributed by atoms with E-state index in [1.165, 1.54) is 28.3 Å². The van der Waals surface area contributed by atoms with Crippen molar-refractivity contribution in [3.05, 3.63) is 110 Å². The topological polar surface area (TPSA) is 0 Å². The second kappa shape index (κ2) is 11.8. The van der Waals surface area contributed by atoms with Crippen molar-refractivity contribution in [1.29, 1.82) is 0 Å². The molecule has 0 atom stereocenters. The van der Waals surface area contributed by atoms with E-state index in [0.29, 0.717) is 0 Å². The summed E-state index contributed by atoms with van der Waals surface area (Å²) >= 11 is 0. The van der Waals surface area contributed by atoms with E-state index in [1.807, 2.05) is 36.4 Å². The summed E-state index contributed by atoms with van der Waals surface area (Å²) < 4.78 is 0. The first-order valence-corrected chi connectivity index (χ1v) is 7.11. The van der Waals surface area contributed by atoms with Crippen molar-refractivity contribution in [3.8, 4) is 11.1 Å². The van der Waals surface area contributed by atoms with Gasteiger partial charge < -0.3 is 14.0 Å². The van der Waals surface area contributed by atoms with E-state index in [9.17, 15) is 0 Å². The van der Waals surface area contributed by atoms with E-state index in [1.54, 1.807) is 6.92 Å². The second-order valence-electron chi connectivity index (χ2n) is 4.69. The SMILES string of the molecule is [CH-]=CC.[CH3-].[Ti+4].[c-]1cccc2c1Cc1ccccc1-2.c1cc[cH-]c1. The molecule has 0 aliphatic heterocycles. The van der Waals surface area contributed by atoms with Crippen LogP contribution in [0.2, 0.25) is 0 Å². The molecule has 1 heteroatoms. The third-order valence-corrected chi connectivity index (χ3v) is 3.17. The molecule has 0 spiro atoms. The van der Waals surface area contributed by atoms with Crippen LogP contribution in [0, 0.1) is 20.1 Å². The fourth-order valence-corrected chi connectivity index (χ4v) is 2.32. The molecule has 0 N–H and O–H groups in total. The molecule has 4 rings (SSSR count). The molecule has 0 radical (unpaired) electrons. The Morgan fingerprint density at radius 1 is 1.00 bits per heavy atom. The fourth-order valence-electron chi connectivity index (χ4n) is 2.32. The molecule has 0 heterocycles. The van der Waals surface area contributed by atoms with Crippen molar-refractivity contribution in [2.45, 2.75) is 13.3 Å². The maximum absolute atomic E-state index is 4.72. The van der Waals surface area contributed by atoms with E-state index in [-0.39, 0.29) is 29.1 Å². The smallest absolute Gasteiger partial charge is 0.518 e. The van der Waals surface area contributed by atoms with Crippen molar-refractivity contribution in [1.82, 2.24) is 0 Å². The van der Waals surface area contributed by atoms with E-state index in [2.05, 4.69) is 42.5 Å². The number of benzene rings is 2. The Morgan fingerprint density at radius 2 is 1.61 bits per heavy atom. The van der Waals surface area contributed by atoms with Gasteiger partial charge in [-0.25, -0.2) is 12.1 Å². The van der Waals surface area contributed by atoms with Crippen molar-refractivity contribution in [2.75, 3.05) is 0 Å². The predicted octanol–water partition coefficient (Wildman–Crippen LogP) is 5.91. The van der Waals surface area contributed by atoms with Gasteiger partial charge in [0.15, 0.2) is 0 Å². The normalized spacial score (nSPS) is 9.26. The summed E-state index contributed by atoms with van der Waals surface area (Å²) in [6.07, 6.45) is 2.55. The summed E-state index contributed by atoms with van der Waals surface area (Å²) in [6.45, 7) is 6.50. The van der Waals surface area contributed by atoms with Crippen LogP contribution in [0.4, 0.5) is 0 Å². The Balaban J connectivity index is 0.000000413. The molecule has 23 heavy (non-hydrogen) atoms. The van der Waals surface area contributed by atoms with Crippen molar-refractivity contribution < 1.29 is 21.7 Å². The molecule has 0 amide bonds. The molecule has 0 aromatic heterocycles. The van der Waals surface area contributed by atoms with Gasteiger partial charge in [-0.1, -0.05) is 42.3 Å². The van der Waals surface area contributed by atoms with Gasteiger partial charge in [-0.15, -0.1) is 5.56 Å². The van der Waals surface area contributed by atoms with Gasteiger partial charge in [-0.3, -0.25) is 6.08 Å². The molecule has 0 nitrogen and oxygen atoms in total. The molecule has 0 saturated heterocycles. The average Bonchev–Trinajstić information content (AvgIpc) is 3.19. The molecular weight excluding hydrogens is 312 g/mol. The van der Waals surface area contributed by atoms with Crippen LogP contribution in [0.5, 0.6) is 0 Å². The molecular formula is C22H22Ti. The monoisotopic (exact) mass is 334 g/mol. The first-order valence-electron chi connectivity index (χ1n) is 7.11. The standard InChI is InChI=1S/C13H9.C5H5.C3H5.CH3.Ti/c1-3-7-12-10(5-1)9-11-6-2-4-8-13(11)12;1-2-4-5-3-1;1-3-2;;/h1-5,7-8H,9H2;1-5H;1,3H,2H3;1H3;/q4*-1;+4. The van der Waals surface area contributed by atoms with Crippen molar-refractivity contribution in [2.24, 2.45) is 0 Å². The van der Waals surface area contributed by atoms with Crippen LogP contribution in [0.1, 0.15) is 18.1 Å². The number of fused-ring (bicyclic) bond motifs is 3. The van der Waals surface area contributed by atoms with E-state index in [4.69, 9.17) is 6.58 Å². The van der Waals surface area contributed by atoms with Gasteiger partial charge in [0.25, 0.3) is 0 Å². The minimum atomic E-state index is 0. The number of hydrogen-bond acceptors (Lipinski definition) is 0. The van der Waals surface area contributed by atoms with E-state index < -0.39 is 0 Å². The van der Waals surface area contributed by atoms with Crippen LogP contribution in [-0.2, 0) is 28.1 Å². The first kappa shape index (κ1) is 21.2. The maximum Gasteiger partial charge on any atom is 4.00 e. The van der Waals surface area contributed by atoms with Gasteiger partial charge in [-0.05, 0) is 6.42 Å². The molecule has 1 aliphatic carbocycles. The number of rotatable bonds is 0. The molecule has 1 aliphatic rings. The number of hydrogen-bond donors (Lipinski definition) is 0. The summed E-state index contributed by atoms with van der Waals surface area (Å²) in [5.74, 6) is 0. The second-order valence-corrected chi connectivity index (χ2v) is 4.69. The Kier molecular flexibility index (Phi) is 10.9. The zero-order valence-corrected chi connectivity index (χ0v) is 15.4. The Bertz CT molecular complexity index is 605. The van der Waals surface area contributed by atoms with Gasteiger partial charge in [0, 0.05) is 0 Å².